The van der Waals surface area contributed by atoms with Crippen LogP contribution in [0.4, 0.5) is 4.79 Å². The number of aliphatic imine (C=N–C) groups is 1. The molecule has 2 amide bonds. The van der Waals surface area contributed by atoms with Crippen LogP contribution in [0.2, 0.25) is 0 Å². The van der Waals surface area contributed by atoms with E-state index in [4.69, 9.17) is 10.5 Å². The maximum absolute atomic E-state index is 13.2. The zero-order valence-corrected chi connectivity index (χ0v) is 20.2. The van der Waals surface area contributed by atoms with Crippen molar-refractivity contribution in [2.75, 3.05) is 6.61 Å². The number of amidine groups is 1. The molecule has 0 unspecified atom stereocenters. The van der Waals surface area contributed by atoms with Gasteiger partial charge in [-0.25, -0.2) is 17.2 Å². The smallest absolute Gasteiger partial charge is 0.435 e. The molecule has 9 nitrogen and oxygen atoms in total. The third-order valence-corrected chi connectivity index (χ3v) is 7.09. The van der Waals surface area contributed by atoms with E-state index in [-0.39, 0.29) is 29.4 Å². The van der Waals surface area contributed by atoms with Crippen LogP contribution in [0.5, 0.6) is 0 Å². The Labute approximate surface area is 208 Å². The number of amides is 2. The van der Waals surface area contributed by atoms with Gasteiger partial charge in [0.15, 0.2) is 0 Å². The highest BCUT2D eigenvalue weighted by molar-refractivity contribution is 7.90. The van der Waals surface area contributed by atoms with Gasteiger partial charge in [0, 0.05) is 23.7 Å². The van der Waals surface area contributed by atoms with Crippen LogP contribution in [0.3, 0.4) is 0 Å². The van der Waals surface area contributed by atoms with Crippen molar-refractivity contribution in [3.05, 3.63) is 102 Å². The number of aromatic nitrogens is 1. The molecule has 0 saturated carbocycles. The van der Waals surface area contributed by atoms with Crippen molar-refractivity contribution in [3.63, 3.8) is 0 Å². The molecule has 3 aromatic carbocycles. The molecule has 36 heavy (non-hydrogen) atoms. The Balaban J connectivity index is 1.54. The molecular formula is C26H24N4O5S. The minimum atomic E-state index is -3.89. The molecule has 0 radical (unpaired) electrons. The van der Waals surface area contributed by atoms with Crippen LogP contribution in [0, 0.1) is 0 Å². The van der Waals surface area contributed by atoms with E-state index in [2.05, 4.69) is 10.3 Å². The summed E-state index contributed by atoms with van der Waals surface area (Å²) in [5.41, 5.74) is 7.80. The van der Waals surface area contributed by atoms with Crippen LogP contribution in [0.1, 0.15) is 28.4 Å². The molecule has 4 rings (SSSR count). The zero-order chi connectivity index (χ0) is 25.7. The molecule has 0 aliphatic rings. The highest BCUT2D eigenvalue weighted by atomic mass is 32.2. The predicted octanol–water partition coefficient (Wildman–Crippen LogP) is 3.67. The number of nitrogens with one attached hydrogen (secondary N) is 1. The number of rotatable bonds is 7. The Morgan fingerprint density at radius 1 is 0.972 bits per heavy atom. The molecule has 0 bridgehead atoms. The van der Waals surface area contributed by atoms with Gasteiger partial charge in [-0.3, -0.25) is 4.79 Å². The predicted molar refractivity (Wildman–Crippen MR) is 136 cm³/mol. The average Bonchev–Trinajstić information content (AvgIpc) is 3.29. The summed E-state index contributed by atoms with van der Waals surface area (Å²) in [6.07, 6.45) is 0.581. The van der Waals surface area contributed by atoms with Crippen molar-refractivity contribution in [3.8, 4) is 0 Å². The highest BCUT2D eigenvalue weighted by Crippen LogP contribution is 2.26. The van der Waals surface area contributed by atoms with E-state index in [1.165, 1.54) is 18.3 Å². The van der Waals surface area contributed by atoms with E-state index < -0.39 is 22.0 Å². The van der Waals surface area contributed by atoms with Crippen molar-refractivity contribution in [1.29, 1.82) is 0 Å². The number of fused-ring (bicyclic) bond motifs is 1. The van der Waals surface area contributed by atoms with E-state index in [1.807, 2.05) is 0 Å². The number of carbonyl (C=O) groups is 2. The lowest BCUT2D eigenvalue weighted by molar-refractivity contribution is 0.0952. The third kappa shape index (κ3) is 5.13. The minimum absolute atomic E-state index is 0.0245. The SMILES string of the molecule is CCOC(=O)N=C(N)c1ccc(CNC(=O)c2cn(S(=O)(=O)c3ccccc3)c3ccccc23)cc1. The summed E-state index contributed by atoms with van der Waals surface area (Å²) in [6.45, 7) is 2.07. The van der Waals surface area contributed by atoms with E-state index in [0.29, 0.717) is 16.5 Å². The summed E-state index contributed by atoms with van der Waals surface area (Å²) < 4.78 is 32.4. The van der Waals surface area contributed by atoms with Gasteiger partial charge in [-0.2, -0.15) is 4.99 Å². The fraction of sp³-hybridized carbons (Fsp3) is 0.115. The van der Waals surface area contributed by atoms with Crippen LogP contribution >= 0.6 is 0 Å². The number of nitrogens with two attached hydrogens (primary N) is 1. The minimum Gasteiger partial charge on any atom is -0.448 e. The molecule has 0 aliphatic carbocycles. The van der Waals surface area contributed by atoms with Crippen LogP contribution < -0.4 is 11.1 Å². The van der Waals surface area contributed by atoms with Crippen molar-refractivity contribution in [2.24, 2.45) is 10.7 Å². The number of ether oxygens (including phenoxy) is 1. The molecule has 184 valence electrons. The van der Waals surface area contributed by atoms with Crippen molar-refractivity contribution in [1.82, 2.24) is 9.29 Å². The molecule has 0 spiro atoms. The summed E-state index contributed by atoms with van der Waals surface area (Å²) in [5, 5.41) is 3.35. The molecule has 4 aromatic rings. The number of hydrogen-bond donors (Lipinski definition) is 2. The topological polar surface area (TPSA) is 133 Å². The lowest BCUT2D eigenvalue weighted by Crippen LogP contribution is -2.23. The van der Waals surface area contributed by atoms with Crippen LogP contribution in [0.15, 0.2) is 94.9 Å². The van der Waals surface area contributed by atoms with Gasteiger partial charge in [-0.05, 0) is 30.7 Å². The lowest BCUT2D eigenvalue weighted by Gasteiger charge is -2.07. The van der Waals surface area contributed by atoms with E-state index in [9.17, 15) is 18.0 Å². The summed E-state index contributed by atoms with van der Waals surface area (Å²) >= 11 is 0. The number of para-hydroxylation sites is 1. The standard InChI is InChI=1S/C26H24N4O5S/c1-2-35-26(32)29-24(27)19-14-12-18(13-15-19)16-28-25(31)22-17-30(23-11-7-6-10-21(22)23)36(33,34)20-8-4-3-5-9-20/h3-15,17H,2,16H2,1H3,(H,28,31)(H2,27,29,32). The average molecular weight is 505 g/mol. The molecule has 0 fully saturated rings. The maximum atomic E-state index is 13.2. The van der Waals surface area contributed by atoms with Crippen LogP contribution in [-0.4, -0.2) is 36.8 Å². The summed E-state index contributed by atoms with van der Waals surface area (Å²) in [7, 11) is -3.89. The Morgan fingerprint density at radius 3 is 2.33 bits per heavy atom. The second-order valence-corrected chi connectivity index (χ2v) is 9.56. The first-order valence-electron chi connectivity index (χ1n) is 11.1. The van der Waals surface area contributed by atoms with Crippen LogP contribution in [-0.2, 0) is 21.3 Å². The first-order valence-corrected chi connectivity index (χ1v) is 12.5. The van der Waals surface area contributed by atoms with Gasteiger partial charge in [0.1, 0.15) is 5.84 Å². The Morgan fingerprint density at radius 2 is 1.64 bits per heavy atom. The highest BCUT2D eigenvalue weighted by Gasteiger charge is 2.23. The largest absolute Gasteiger partial charge is 0.448 e. The van der Waals surface area contributed by atoms with E-state index in [0.717, 1.165) is 9.54 Å². The van der Waals surface area contributed by atoms with E-state index >= 15 is 0 Å². The Bertz CT molecular complexity index is 1540. The monoisotopic (exact) mass is 504 g/mol. The van der Waals surface area contributed by atoms with Crippen molar-refractivity contribution < 1.29 is 22.7 Å². The molecule has 1 aromatic heterocycles. The lowest BCUT2D eigenvalue weighted by atomic mass is 10.1. The van der Waals surface area contributed by atoms with E-state index in [1.54, 1.807) is 73.7 Å². The van der Waals surface area contributed by atoms with Gasteiger partial charge in [-0.15, -0.1) is 0 Å². The molecule has 0 saturated heterocycles. The quantitative estimate of drug-likeness (QED) is 0.291. The number of nitrogens with zero attached hydrogens (tertiary/aromatic N) is 2. The summed E-state index contributed by atoms with van der Waals surface area (Å²) in [6, 6.07) is 21.7. The molecular weight excluding hydrogens is 480 g/mol. The number of carbonyl (C=O) groups excluding carboxylic acids is 2. The van der Waals surface area contributed by atoms with Gasteiger partial charge in [-0.1, -0.05) is 60.7 Å². The maximum Gasteiger partial charge on any atom is 0.435 e. The Kier molecular flexibility index (Phi) is 7.16. The Hall–Kier alpha value is -4.44. The summed E-state index contributed by atoms with van der Waals surface area (Å²) in [4.78, 5) is 28.3. The molecule has 0 atom stereocenters. The summed E-state index contributed by atoms with van der Waals surface area (Å²) in [5.74, 6) is -0.392. The van der Waals surface area contributed by atoms with Gasteiger partial charge < -0.3 is 15.8 Å². The molecule has 0 aliphatic heterocycles. The fourth-order valence-electron chi connectivity index (χ4n) is 3.63. The molecule has 10 heteroatoms. The van der Waals surface area contributed by atoms with Crippen molar-refractivity contribution >= 4 is 38.8 Å². The van der Waals surface area contributed by atoms with Gasteiger partial charge in [0.2, 0.25) is 0 Å². The van der Waals surface area contributed by atoms with Crippen molar-refractivity contribution in [2.45, 2.75) is 18.4 Å². The number of benzene rings is 3. The van der Waals surface area contributed by atoms with Gasteiger partial charge in [0.25, 0.3) is 15.9 Å². The van der Waals surface area contributed by atoms with Gasteiger partial charge >= 0.3 is 6.09 Å². The zero-order valence-electron chi connectivity index (χ0n) is 19.4. The first-order chi connectivity index (χ1) is 17.3. The third-order valence-electron chi connectivity index (χ3n) is 5.40. The second kappa shape index (κ2) is 10.4. The van der Waals surface area contributed by atoms with Crippen LogP contribution in [0.25, 0.3) is 10.9 Å². The first kappa shape index (κ1) is 24.7. The number of hydrogen-bond acceptors (Lipinski definition) is 5. The molecule has 1 heterocycles. The fourth-order valence-corrected chi connectivity index (χ4v) is 5.02. The normalized spacial score (nSPS) is 11.9. The molecule has 3 N–H and O–H groups in total. The van der Waals surface area contributed by atoms with Gasteiger partial charge in [0.05, 0.1) is 22.6 Å². The second-order valence-electron chi connectivity index (χ2n) is 7.75.